The molecule has 0 spiro atoms. The van der Waals surface area contributed by atoms with Gasteiger partial charge in [-0.15, -0.1) is 0 Å². The van der Waals surface area contributed by atoms with Gasteiger partial charge in [0.1, 0.15) is 11.8 Å². The largest absolute Gasteiger partial charge is 0.508 e. The third-order valence-electron chi connectivity index (χ3n) is 7.03. The number of aliphatic carboxylic acids is 1. The van der Waals surface area contributed by atoms with Crippen LogP contribution in [0.3, 0.4) is 0 Å². The van der Waals surface area contributed by atoms with Gasteiger partial charge in [-0.2, -0.15) is 0 Å². The molecular formula is C22H28N2O6. The molecule has 0 saturated carbocycles. The number of carboxylic acid groups (broad SMARTS) is 1. The summed E-state index contributed by atoms with van der Waals surface area (Å²) in [5.74, 6) is -1.84. The molecule has 0 bridgehead atoms. The number of aromatic hydroxyl groups is 1. The van der Waals surface area contributed by atoms with Crippen LogP contribution in [-0.2, 0) is 20.7 Å². The van der Waals surface area contributed by atoms with Crippen LogP contribution in [0.4, 0.5) is 0 Å². The van der Waals surface area contributed by atoms with Crippen LogP contribution < -0.4 is 0 Å². The number of rotatable bonds is 5. The number of nitrogens with zero attached hydrogens (tertiary/aromatic N) is 1. The second kappa shape index (κ2) is 7.92. The minimum atomic E-state index is -0.875. The molecule has 8 heteroatoms. The maximum atomic E-state index is 12.3. The van der Waals surface area contributed by atoms with Crippen molar-refractivity contribution in [1.82, 2.24) is 9.88 Å². The van der Waals surface area contributed by atoms with Gasteiger partial charge in [-0.05, 0) is 42.0 Å². The second-order valence-corrected chi connectivity index (χ2v) is 8.40. The monoisotopic (exact) mass is 416 g/mol. The van der Waals surface area contributed by atoms with E-state index >= 15 is 0 Å². The number of piperidine rings is 1. The molecule has 0 radical (unpaired) electrons. The van der Waals surface area contributed by atoms with E-state index in [0.717, 1.165) is 28.6 Å². The molecule has 1 fully saturated rings. The number of esters is 1. The van der Waals surface area contributed by atoms with Crippen molar-refractivity contribution in [2.24, 2.45) is 17.8 Å². The topological polar surface area (TPSA) is 123 Å². The van der Waals surface area contributed by atoms with Gasteiger partial charge >= 0.3 is 11.9 Å². The van der Waals surface area contributed by atoms with E-state index in [1.807, 2.05) is 11.8 Å². The van der Waals surface area contributed by atoms with Gasteiger partial charge in [0, 0.05) is 29.6 Å². The fourth-order valence-electron chi connectivity index (χ4n) is 5.51. The van der Waals surface area contributed by atoms with Crippen LogP contribution in [0.2, 0.25) is 0 Å². The Bertz CT molecular complexity index is 970. The van der Waals surface area contributed by atoms with Gasteiger partial charge in [0.15, 0.2) is 0 Å². The summed E-state index contributed by atoms with van der Waals surface area (Å²) in [6.07, 6.45) is 1.68. The lowest BCUT2D eigenvalue weighted by molar-refractivity contribution is -0.155. The van der Waals surface area contributed by atoms with Crippen LogP contribution >= 0.6 is 0 Å². The second-order valence-electron chi connectivity index (χ2n) is 8.40. The molecule has 1 aromatic heterocycles. The van der Waals surface area contributed by atoms with Crippen molar-refractivity contribution in [3.63, 3.8) is 0 Å². The Balaban J connectivity index is 1.80. The quantitative estimate of drug-likeness (QED) is 0.550. The molecule has 0 unspecified atom stereocenters. The van der Waals surface area contributed by atoms with Gasteiger partial charge in [0.25, 0.3) is 0 Å². The molecule has 8 nitrogen and oxygen atoms in total. The number of hydrogen-bond acceptors (Lipinski definition) is 6. The minimum absolute atomic E-state index is 0.0781. The third-order valence-corrected chi connectivity index (χ3v) is 7.03. The van der Waals surface area contributed by atoms with Crippen LogP contribution in [0.15, 0.2) is 18.2 Å². The number of aliphatic hydroxyl groups excluding tert-OH is 1. The Hall–Kier alpha value is -2.58. The first-order valence-corrected chi connectivity index (χ1v) is 10.4. The predicted octanol–water partition coefficient (Wildman–Crippen LogP) is 2.05. The summed E-state index contributed by atoms with van der Waals surface area (Å²) in [6, 6.07) is 4.18. The van der Waals surface area contributed by atoms with E-state index in [2.05, 4.69) is 4.98 Å². The number of fused-ring (bicyclic) bond motifs is 5. The first kappa shape index (κ1) is 20.7. The Morgan fingerprint density at radius 1 is 1.37 bits per heavy atom. The summed E-state index contributed by atoms with van der Waals surface area (Å²) in [7, 11) is 1.32. The number of methoxy groups -OCH3 is 1. The number of phenols is 1. The van der Waals surface area contributed by atoms with E-state index in [4.69, 9.17) is 4.74 Å². The molecule has 1 aromatic carbocycles. The van der Waals surface area contributed by atoms with Gasteiger partial charge in [-0.25, -0.2) is 0 Å². The molecule has 5 atom stereocenters. The molecule has 2 aliphatic rings. The summed E-state index contributed by atoms with van der Waals surface area (Å²) in [5, 5.41) is 30.7. The smallest absolute Gasteiger partial charge is 0.321 e. The number of carbonyl (C=O) groups excluding carboxylic acids is 1. The predicted molar refractivity (Wildman–Crippen MR) is 109 cm³/mol. The zero-order chi connectivity index (χ0) is 21.6. The number of aliphatic hydroxyl groups is 1. The molecule has 2 aliphatic heterocycles. The molecule has 0 amide bonds. The Labute approximate surface area is 174 Å². The zero-order valence-corrected chi connectivity index (χ0v) is 17.2. The fraction of sp³-hybridized carbons (Fsp3) is 0.545. The summed E-state index contributed by atoms with van der Waals surface area (Å²) in [4.78, 5) is 29.9. The Kier molecular flexibility index (Phi) is 5.46. The number of ether oxygens (including phenoxy) is 1. The number of aromatic nitrogens is 1. The SMILES string of the molecule is CC[C@@H]1CN2[C@H](C(=O)O)Cc3c([nH]c4ccc(O)cc34)[C@@H]2C[C@@H]1[C@@H](CO)C(=O)OC. The average Bonchev–Trinajstić information content (AvgIpc) is 3.10. The number of carboxylic acids is 1. The van der Waals surface area contributed by atoms with Crippen molar-refractivity contribution >= 4 is 22.8 Å². The molecule has 4 N–H and O–H groups in total. The number of benzene rings is 1. The van der Waals surface area contributed by atoms with Gasteiger partial charge in [-0.1, -0.05) is 13.3 Å². The summed E-state index contributed by atoms with van der Waals surface area (Å²) >= 11 is 0. The van der Waals surface area contributed by atoms with Gasteiger partial charge in [-0.3, -0.25) is 14.5 Å². The first-order valence-electron chi connectivity index (χ1n) is 10.4. The highest BCUT2D eigenvalue weighted by Gasteiger charge is 2.48. The van der Waals surface area contributed by atoms with E-state index in [-0.39, 0.29) is 30.2 Å². The lowest BCUT2D eigenvalue weighted by Crippen LogP contribution is -2.55. The average molecular weight is 416 g/mol. The lowest BCUT2D eigenvalue weighted by atomic mass is 9.70. The number of H-pyrrole nitrogens is 1. The maximum absolute atomic E-state index is 12.3. The van der Waals surface area contributed by atoms with Crippen molar-refractivity contribution in [3.8, 4) is 5.75 Å². The normalized spacial score (nSPS) is 27.3. The number of hydrogen-bond donors (Lipinski definition) is 4. The summed E-state index contributed by atoms with van der Waals surface area (Å²) in [6.45, 7) is 2.27. The van der Waals surface area contributed by atoms with Crippen molar-refractivity contribution in [1.29, 1.82) is 0 Å². The lowest BCUT2D eigenvalue weighted by Gasteiger charge is -2.49. The third kappa shape index (κ3) is 3.24. The summed E-state index contributed by atoms with van der Waals surface area (Å²) in [5.41, 5.74) is 2.70. The van der Waals surface area contributed by atoms with Crippen molar-refractivity contribution in [3.05, 3.63) is 29.5 Å². The van der Waals surface area contributed by atoms with E-state index in [1.54, 1.807) is 18.2 Å². The standard InChI is InChI=1S/C22H28N2O6/c1-3-11-9-24-18(7-13(11)16(10-25)22(29)30-2)20-15(8-19(24)21(27)28)14-6-12(26)4-5-17(14)23-20/h4-6,11,13,16,18-19,23,25-26H,3,7-10H2,1-2H3,(H,27,28)/t11-,13+,16-,18+,19+/m1/s1. The summed E-state index contributed by atoms with van der Waals surface area (Å²) < 4.78 is 4.93. The van der Waals surface area contributed by atoms with Crippen molar-refractivity contribution in [2.45, 2.75) is 38.3 Å². The van der Waals surface area contributed by atoms with Crippen LogP contribution in [0.5, 0.6) is 5.75 Å². The van der Waals surface area contributed by atoms with Gasteiger partial charge in [0.05, 0.1) is 25.7 Å². The number of nitrogens with one attached hydrogen (secondary N) is 1. The molecule has 4 rings (SSSR count). The molecule has 162 valence electrons. The molecule has 30 heavy (non-hydrogen) atoms. The highest BCUT2D eigenvalue weighted by Crippen LogP contribution is 2.48. The maximum Gasteiger partial charge on any atom is 0.321 e. The number of carbonyl (C=O) groups is 2. The molecular weight excluding hydrogens is 388 g/mol. The zero-order valence-electron chi connectivity index (χ0n) is 17.2. The molecule has 1 saturated heterocycles. The minimum Gasteiger partial charge on any atom is -0.508 e. The van der Waals surface area contributed by atoms with Gasteiger partial charge in [0.2, 0.25) is 0 Å². The van der Waals surface area contributed by atoms with E-state index in [1.165, 1.54) is 7.11 Å². The molecule has 0 aliphatic carbocycles. The van der Waals surface area contributed by atoms with E-state index in [0.29, 0.717) is 19.4 Å². The Morgan fingerprint density at radius 3 is 2.77 bits per heavy atom. The fourth-order valence-corrected chi connectivity index (χ4v) is 5.51. The van der Waals surface area contributed by atoms with Crippen molar-refractivity contribution in [2.75, 3.05) is 20.3 Å². The molecule has 3 heterocycles. The Morgan fingerprint density at radius 2 is 2.13 bits per heavy atom. The van der Waals surface area contributed by atoms with Crippen LogP contribution in [-0.4, -0.2) is 63.4 Å². The highest BCUT2D eigenvalue weighted by atomic mass is 16.5. The highest BCUT2D eigenvalue weighted by molar-refractivity contribution is 5.88. The van der Waals surface area contributed by atoms with Crippen LogP contribution in [0, 0.1) is 17.8 Å². The number of phenolic OH excluding ortho intramolecular Hbond substituents is 1. The molecule has 2 aromatic rings. The van der Waals surface area contributed by atoms with Crippen molar-refractivity contribution < 1.29 is 29.6 Å². The first-order chi connectivity index (χ1) is 14.4. The van der Waals surface area contributed by atoms with Gasteiger partial charge < -0.3 is 25.0 Å². The van der Waals surface area contributed by atoms with E-state index < -0.39 is 23.9 Å². The van der Waals surface area contributed by atoms with Crippen LogP contribution in [0.25, 0.3) is 10.9 Å². The van der Waals surface area contributed by atoms with E-state index in [9.17, 15) is 24.9 Å². The van der Waals surface area contributed by atoms with Crippen LogP contribution in [0.1, 0.15) is 37.1 Å². The number of aromatic amines is 1.